The van der Waals surface area contributed by atoms with Gasteiger partial charge in [0.15, 0.2) is 0 Å². The number of hydrogen-bond acceptors (Lipinski definition) is 5. The van der Waals surface area contributed by atoms with Gasteiger partial charge in [0.1, 0.15) is 22.5 Å². The summed E-state index contributed by atoms with van der Waals surface area (Å²) in [6.45, 7) is 4.81. The van der Waals surface area contributed by atoms with Crippen LogP contribution < -0.4 is 4.90 Å². The standard InChI is InChI=1S/C15H19N3O2S/c1-3-5-15(14(19)20)6-4-7-18(15)12-11-8-10(2)21-13(11)17-9-16-12/h8-9H,3-7H2,1-2H3,(H,19,20). The van der Waals surface area contributed by atoms with Gasteiger partial charge in [0, 0.05) is 11.4 Å². The predicted molar refractivity (Wildman–Crippen MR) is 84.0 cm³/mol. The number of fused-ring (bicyclic) bond motifs is 1. The highest BCUT2D eigenvalue weighted by atomic mass is 32.1. The fraction of sp³-hybridized carbons (Fsp3) is 0.533. The van der Waals surface area contributed by atoms with Crippen LogP contribution in [0.2, 0.25) is 0 Å². The summed E-state index contributed by atoms with van der Waals surface area (Å²) >= 11 is 1.62. The molecular weight excluding hydrogens is 286 g/mol. The van der Waals surface area contributed by atoms with Gasteiger partial charge in [-0.05, 0) is 32.3 Å². The Kier molecular flexibility index (Phi) is 3.57. The first kappa shape index (κ1) is 14.3. The van der Waals surface area contributed by atoms with Crippen molar-refractivity contribution in [1.82, 2.24) is 9.97 Å². The van der Waals surface area contributed by atoms with Crippen LogP contribution in [0.5, 0.6) is 0 Å². The fourth-order valence-corrected chi connectivity index (χ4v) is 4.21. The number of carbonyl (C=O) groups is 1. The molecule has 1 unspecified atom stereocenters. The van der Waals surface area contributed by atoms with Crippen LogP contribution in [-0.4, -0.2) is 33.1 Å². The van der Waals surface area contributed by atoms with Crippen LogP contribution in [0.4, 0.5) is 5.82 Å². The van der Waals surface area contributed by atoms with Crippen LogP contribution in [0.25, 0.3) is 10.2 Å². The zero-order valence-electron chi connectivity index (χ0n) is 12.3. The number of thiophene rings is 1. The van der Waals surface area contributed by atoms with E-state index in [9.17, 15) is 9.90 Å². The molecule has 112 valence electrons. The molecule has 6 heteroatoms. The molecule has 0 radical (unpaired) electrons. The van der Waals surface area contributed by atoms with Gasteiger partial charge in [0.25, 0.3) is 0 Å². The lowest BCUT2D eigenvalue weighted by atomic mass is 9.90. The molecule has 5 nitrogen and oxygen atoms in total. The van der Waals surface area contributed by atoms with Crippen molar-refractivity contribution in [3.63, 3.8) is 0 Å². The van der Waals surface area contributed by atoms with E-state index >= 15 is 0 Å². The van der Waals surface area contributed by atoms with Crippen LogP contribution in [-0.2, 0) is 4.79 Å². The molecule has 0 saturated carbocycles. The Bertz CT molecular complexity index is 685. The monoisotopic (exact) mass is 305 g/mol. The second kappa shape index (κ2) is 5.26. The molecule has 0 aliphatic carbocycles. The Hall–Kier alpha value is -1.69. The molecular formula is C15H19N3O2S. The van der Waals surface area contributed by atoms with E-state index in [0.717, 1.165) is 35.4 Å². The van der Waals surface area contributed by atoms with E-state index < -0.39 is 11.5 Å². The Balaban J connectivity index is 2.14. The summed E-state index contributed by atoms with van der Waals surface area (Å²) in [6, 6.07) is 2.06. The highest BCUT2D eigenvalue weighted by Gasteiger charge is 2.48. The van der Waals surface area contributed by atoms with Crippen molar-refractivity contribution in [2.24, 2.45) is 0 Å². The van der Waals surface area contributed by atoms with Crippen molar-refractivity contribution in [1.29, 1.82) is 0 Å². The first-order valence-corrected chi connectivity index (χ1v) is 8.12. The van der Waals surface area contributed by atoms with Crippen LogP contribution in [0.3, 0.4) is 0 Å². The number of aromatic nitrogens is 2. The van der Waals surface area contributed by atoms with Crippen LogP contribution in [0.15, 0.2) is 12.4 Å². The average molecular weight is 305 g/mol. The number of carboxylic acid groups (broad SMARTS) is 1. The summed E-state index contributed by atoms with van der Waals surface area (Å²) in [7, 11) is 0. The number of anilines is 1. The Labute approximate surface area is 127 Å². The number of nitrogens with zero attached hydrogens (tertiary/aromatic N) is 3. The molecule has 1 atom stereocenters. The van der Waals surface area contributed by atoms with Gasteiger partial charge in [-0.15, -0.1) is 11.3 Å². The van der Waals surface area contributed by atoms with Crippen molar-refractivity contribution in [2.45, 2.75) is 45.1 Å². The van der Waals surface area contributed by atoms with Crippen LogP contribution >= 0.6 is 11.3 Å². The molecule has 1 fully saturated rings. The minimum Gasteiger partial charge on any atom is -0.479 e. The number of rotatable bonds is 4. The van der Waals surface area contributed by atoms with E-state index in [1.807, 2.05) is 18.7 Å². The second-order valence-corrected chi connectivity index (χ2v) is 6.85. The number of aliphatic carboxylic acids is 1. The van der Waals surface area contributed by atoms with Gasteiger partial charge in [0.2, 0.25) is 0 Å². The predicted octanol–water partition coefficient (Wildman–Crippen LogP) is 3.22. The van der Waals surface area contributed by atoms with Gasteiger partial charge >= 0.3 is 5.97 Å². The van der Waals surface area contributed by atoms with E-state index in [4.69, 9.17) is 0 Å². The Morgan fingerprint density at radius 1 is 1.52 bits per heavy atom. The minimum atomic E-state index is -0.814. The maximum absolute atomic E-state index is 12.0. The molecule has 21 heavy (non-hydrogen) atoms. The van der Waals surface area contributed by atoms with Gasteiger partial charge in [0.05, 0.1) is 5.39 Å². The number of carboxylic acids is 1. The quantitative estimate of drug-likeness (QED) is 0.939. The third kappa shape index (κ3) is 2.18. The SMILES string of the molecule is CCCC1(C(=O)O)CCCN1c1ncnc2sc(C)cc12. The molecule has 1 saturated heterocycles. The van der Waals surface area contributed by atoms with Crippen molar-refractivity contribution in [2.75, 3.05) is 11.4 Å². The summed E-state index contributed by atoms with van der Waals surface area (Å²) in [5.41, 5.74) is -0.814. The van der Waals surface area contributed by atoms with Crippen LogP contribution in [0, 0.1) is 6.92 Å². The zero-order chi connectivity index (χ0) is 15.0. The molecule has 1 N–H and O–H groups in total. The largest absolute Gasteiger partial charge is 0.479 e. The molecule has 0 spiro atoms. The van der Waals surface area contributed by atoms with E-state index in [2.05, 4.69) is 16.0 Å². The van der Waals surface area contributed by atoms with Gasteiger partial charge < -0.3 is 10.0 Å². The molecule has 3 heterocycles. The minimum absolute atomic E-state index is 0.650. The van der Waals surface area contributed by atoms with E-state index in [0.29, 0.717) is 12.8 Å². The van der Waals surface area contributed by atoms with Crippen molar-refractivity contribution in [3.05, 3.63) is 17.3 Å². The summed E-state index contributed by atoms with van der Waals surface area (Å²) in [5.74, 6) is 0.0401. The van der Waals surface area contributed by atoms with Crippen molar-refractivity contribution >= 4 is 33.3 Å². The second-order valence-electron chi connectivity index (χ2n) is 5.62. The normalized spacial score (nSPS) is 22.1. The molecule has 3 rings (SSSR count). The van der Waals surface area contributed by atoms with Gasteiger partial charge in [-0.3, -0.25) is 0 Å². The van der Waals surface area contributed by atoms with Crippen molar-refractivity contribution in [3.8, 4) is 0 Å². The Morgan fingerprint density at radius 2 is 2.33 bits per heavy atom. The van der Waals surface area contributed by atoms with E-state index in [-0.39, 0.29) is 0 Å². The zero-order valence-corrected chi connectivity index (χ0v) is 13.1. The highest BCUT2D eigenvalue weighted by Crippen LogP contribution is 2.40. The third-order valence-corrected chi connectivity index (χ3v) is 5.20. The highest BCUT2D eigenvalue weighted by molar-refractivity contribution is 7.18. The smallest absolute Gasteiger partial charge is 0.329 e. The topological polar surface area (TPSA) is 66.3 Å². The van der Waals surface area contributed by atoms with E-state index in [1.165, 1.54) is 4.88 Å². The molecule has 0 bridgehead atoms. The Morgan fingerprint density at radius 3 is 3.05 bits per heavy atom. The summed E-state index contributed by atoms with van der Waals surface area (Å²) < 4.78 is 0. The summed E-state index contributed by atoms with van der Waals surface area (Å²) in [4.78, 5) is 24.8. The van der Waals surface area contributed by atoms with Gasteiger partial charge in [-0.25, -0.2) is 14.8 Å². The lowest BCUT2D eigenvalue weighted by Crippen LogP contribution is -2.51. The lowest BCUT2D eigenvalue weighted by Gasteiger charge is -2.35. The number of hydrogen-bond donors (Lipinski definition) is 1. The summed E-state index contributed by atoms with van der Waals surface area (Å²) in [6.07, 6.45) is 4.62. The first-order chi connectivity index (χ1) is 10.1. The van der Waals surface area contributed by atoms with Gasteiger partial charge in [-0.1, -0.05) is 13.3 Å². The maximum atomic E-state index is 12.0. The lowest BCUT2D eigenvalue weighted by molar-refractivity contribution is -0.143. The molecule has 0 aromatic carbocycles. The molecule has 0 amide bonds. The van der Waals surface area contributed by atoms with Crippen LogP contribution in [0.1, 0.15) is 37.5 Å². The van der Waals surface area contributed by atoms with Crippen molar-refractivity contribution < 1.29 is 9.90 Å². The maximum Gasteiger partial charge on any atom is 0.329 e. The molecule has 1 aliphatic rings. The molecule has 2 aromatic heterocycles. The number of aryl methyl sites for hydroxylation is 1. The van der Waals surface area contributed by atoms with E-state index in [1.54, 1.807) is 17.7 Å². The first-order valence-electron chi connectivity index (χ1n) is 7.30. The summed E-state index contributed by atoms with van der Waals surface area (Å²) in [5, 5.41) is 10.8. The average Bonchev–Trinajstić information content (AvgIpc) is 3.02. The third-order valence-electron chi connectivity index (χ3n) is 4.24. The fourth-order valence-electron chi connectivity index (χ4n) is 3.37. The molecule has 2 aromatic rings. The molecule has 1 aliphatic heterocycles. The van der Waals surface area contributed by atoms with Gasteiger partial charge in [-0.2, -0.15) is 0 Å².